The molecule has 0 aliphatic carbocycles. The maximum absolute atomic E-state index is 9.16. The van der Waals surface area contributed by atoms with E-state index in [2.05, 4.69) is 21.0 Å². The van der Waals surface area contributed by atoms with Gasteiger partial charge in [-0.05, 0) is 12.1 Å². The van der Waals surface area contributed by atoms with Gasteiger partial charge in [0.05, 0.1) is 23.5 Å². The number of rotatable bonds is 2. The standard InChI is InChI=1S/C14H8N6/c15-6-5-13-19-10-3-1-2-4-12(10)20(13)14-11(9-16)17-7-8-18-14/h1-4,7-8H,5H2. The van der Waals surface area contributed by atoms with Crippen LogP contribution in [-0.2, 0) is 6.42 Å². The summed E-state index contributed by atoms with van der Waals surface area (Å²) in [7, 11) is 0. The first-order valence-electron chi connectivity index (χ1n) is 5.90. The minimum atomic E-state index is 0.135. The average molecular weight is 260 g/mol. The second-order valence-electron chi connectivity index (χ2n) is 4.03. The first-order chi connectivity index (χ1) is 9.85. The molecule has 0 unspecified atom stereocenters. The molecule has 0 fully saturated rings. The smallest absolute Gasteiger partial charge is 0.183 e. The van der Waals surface area contributed by atoms with Crippen molar-refractivity contribution in [2.45, 2.75) is 6.42 Å². The van der Waals surface area contributed by atoms with Crippen LogP contribution in [0.2, 0.25) is 0 Å². The third-order valence-electron chi connectivity index (χ3n) is 2.86. The van der Waals surface area contributed by atoms with Crippen LogP contribution in [0.15, 0.2) is 36.7 Å². The molecule has 0 spiro atoms. The van der Waals surface area contributed by atoms with E-state index in [4.69, 9.17) is 10.5 Å². The van der Waals surface area contributed by atoms with Gasteiger partial charge in [0.1, 0.15) is 11.9 Å². The van der Waals surface area contributed by atoms with Crippen LogP contribution in [0.5, 0.6) is 0 Å². The number of nitriles is 2. The fraction of sp³-hybridized carbons (Fsp3) is 0.0714. The summed E-state index contributed by atoms with van der Waals surface area (Å²) in [6.07, 6.45) is 3.11. The molecule has 0 N–H and O–H groups in total. The molecule has 0 aliphatic rings. The minimum absolute atomic E-state index is 0.135. The SMILES string of the molecule is N#CCc1nc2ccccc2n1-c1nccnc1C#N. The van der Waals surface area contributed by atoms with Gasteiger partial charge in [-0.25, -0.2) is 15.0 Å². The zero-order valence-electron chi connectivity index (χ0n) is 10.4. The number of aromatic nitrogens is 4. The summed E-state index contributed by atoms with van der Waals surface area (Å²) < 4.78 is 1.71. The highest BCUT2D eigenvalue weighted by Crippen LogP contribution is 2.21. The highest BCUT2D eigenvalue weighted by Gasteiger charge is 2.16. The van der Waals surface area contributed by atoms with Crippen molar-refractivity contribution in [3.63, 3.8) is 0 Å². The summed E-state index contributed by atoms with van der Waals surface area (Å²) in [5, 5.41) is 18.1. The van der Waals surface area contributed by atoms with Gasteiger partial charge in [0.15, 0.2) is 11.5 Å². The molecule has 0 aliphatic heterocycles. The molecule has 0 saturated carbocycles. The van der Waals surface area contributed by atoms with E-state index in [-0.39, 0.29) is 12.1 Å². The Bertz CT molecular complexity index is 865. The number of fused-ring (bicyclic) bond motifs is 1. The van der Waals surface area contributed by atoms with Crippen molar-refractivity contribution in [2.24, 2.45) is 0 Å². The van der Waals surface area contributed by atoms with E-state index < -0.39 is 0 Å². The second-order valence-corrected chi connectivity index (χ2v) is 4.03. The van der Waals surface area contributed by atoms with E-state index in [9.17, 15) is 0 Å². The van der Waals surface area contributed by atoms with E-state index in [1.165, 1.54) is 12.4 Å². The van der Waals surface area contributed by atoms with Crippen molar-refractivity contribution in [3.8, 4) is 18.0 Å². The Morgan fingerprint density at radius 1 is 1.10 bits per heavy atom. The van der Waals surface area contributed by atoms with Gasteiger partial charge in [0, 0.05) is 12.4 Å². The summed E-state index contributed by atoms with van der Waals surface area (Å²) in [4.78, 5) is 12.6. The molecule has 0 saturated heterocycles. The summed E-state index contributed by atoms with van der Waals surface area (Å²) in [6, 6.07) is 11.6. The van der Waals surface area contributed by atoms with Gasteiger partial charge in [-0.15, -0.1) is 0 Å². The molecule has 2 heterocycles. The van der Waals surface area contributed by atoms with E-state index >= 15 is 0 Å². The lowest BCUT2D eigenvalue weighted by Gasteiger charge is -2.07. The van der Waals surface area contributed by atoms with Gasteiger partial charge in [0.25, 0.3) is 0 Å². The lowest BCUT2D eigenvalue weighted by molar-refractivity contribution is 0.904. The normalized spacial score (nSPS) is 10.1. The van der Waals surface area contributed by atoms with Gasteiger partial charge in [-0.3, -0.25) is 4.57 Å². The number of para-hydroxylation sites is 2. The first-order valence-corrected chi connectivity index (χ1v) is 5.90. The molecular weight excluding hydrogens is 252 g/mol. The van der Waals surface area contributed by atoms with Crippen LogP contribution in [0, 0.1) is 22.7 Å². The number of nitrogens with zero attached hydrogens (tertiary/aromatic N) is 6. The molecule has 3 rings (SSSR count). The molecular formula is C14H8N6. The van der Waals surface area contributed by atoms with Crippen LogP contribution in [-0.4, -0.2) is 19.5 Å². The number of benzene rings is 1. The van der Waals surface area contributed by atoms with Crippen LogP contribution in [0.3, 0.4) is 0 Å². The van der Waals surface area contributed by atoms with Crippen molar-refractivity contribution >= 4 is 11.0 Å². The van der Waals surface area contributed by atoms with E-state index in [1.807, 2.05) is 30.3 Å². The van der Waals surface area contributed by atoms with Gasteiger partial charge >= 0.3 is 0 Å². The lowest BCUT2D eigenvalue weighted by Crippen LogP contribution is -2.06. The maximum Gasteiger partial charge on any atom is 0.183 e. The van der Waals surface area contributed by atoms with Gasteiger partial charge < -0.3 is 0 Å². The molecule has 1 aromatic carbocycles. The monoisotopic (exact) mass is 260 g/mol. The summed E-state index contributed by atoms with van der Waals surface area (Å²) in [5.74, 6) is 0.944. The zero-order valence-corrected chi connectivity index (χ0v) is 10.4. The Morgan fingerprint density at radius 2 is 1.90 bits per heavy atom. The lowest BCUT2D eigenvalue weighted by atomic mass is 10.3. The summed E-state index contributed by atoms with van der Waals surface area (Å²) in [6.45, 7) is 0. The van der Waals surface area contributed by atoms with E-state index in [1.54, 1.807) is 4.57 Å². The third kappa shape index (κ3) is 1.76. The quantitative estimate of drug-likeness (QED) is 0.700. The van der Waals surface area contributed by atoms with Crippen molar-refractivity contribution < 1.29 is 0 Å². The van der Waals surface area contributed by atoms with Gasteiger partial charge in [0.2, 0.25) is 0 Å². The van der Waals surface area contributed by atoms with Crippen LogP contribution in [0.1, 0.15) is 11.5 Å². The second kappa shape index (κ2) is 4.79. The predicted molar refractivity (Wildman–Crippen MR) is 70.7 cm³/mol. The van der Waals surface area contributed by atoms with Crippen LogP contribution in [0.25, 0.3) is 16.9 Å². The van der Waals surface area contributed by atoms with Crippen LogP contribution < -0.4 is 0 Å². The molecule has 0 radical (unpaired) electrons. The fourth-order valence-corrected chi connectivity index (χ4v) is 2.07. The molecule has 0 bridgehead atoms. The van der Waals surface area contributed by atoms with Crippen molar-refractivity contribution in [1.82, 2.24) is 19.5 Å². The third-order valence-corrected chi connectivity index (χ3v) is 2.86. The zero-order chi connectivity index (χ0) is 13.9. The highest BCUT2D eigenvalue weighted by molar-refractivity contribution is 5.78. The predicted octanol–water partition coefficient (Wildman–Crippen LogP) is 1.75. The topological polar surface area (TPSA) is 91.2 Å². The number of hydrogen-bond acceptors (Lipinski definition) is 5. The Hall–Kier alpha value is -3.25. The van der Waals surface area contributed by atoms with E-state index in [0.29, 0.717) is 11.6 Å². The first kappa shape index (κ1) is 11.8. The number of hydrogen-bond donors (Lipinski definition) is 0. The van der Waals surface area contributed by atoms with E-state index in [0.717, 1.165) is 11.0 Å². The Labute approximate surface area is 114 Å². The Balaban J connectivity index is 2.37. The summed E-state index contributed by atoms with van der Waals surface area (Å²) in [5.41, 5.74) is 1.76. The largest absolute Gasteiger partial charge is 0.277 e. The molecule has 3 aromatic rings. The molecule has 0 atom stereocenters. The molecule has 20 heavy (non-hydrogen) atoms. The van der Waals surface area contributed by atoms with Gasteiger partial charge in [-0.1, -0.05) is 12.1 Å². The molecule has 2 aromatic heterocycles. The number of imidazole rings is 1. The maximum atomic E-state index is 9.16. The van der Waals surface area contributed by atoms with Crippen molar-refractivity contribution in [1.29, 1.82) is 10.5 Å². The summed E-state index contributed by atoms with van der Waals surface area (Å²) >= 11 is 0. The molecule has 6 heteroatoms. The fourth-order valence-electron chi connectivity index (χ4n) is 2.07. The van der Waals surface area contributed by atoms with Crippen LogP contribution >= 0.6 is 0 Å². The van der Waals surface area contributed by atoms with Crippen LogP contribution in [0.4, 0.5) is 0 Å². The van der Waals surface area contributed by atoms with Gasteiger partial charge in [-0.2, -0.15) is 10.5 Å². The average Bonchev–Trinajstić information content (AvgIpc) is 2.85. The molecule has 0 amide bonds. The Kier molecular flexibility index (Phi) is 2.83. The van der Waals surface area contributed by atoms with Crippen molar-refractivity contribution in [2.75, 3.05) is 0 Å². The highest BCUT2D eigenvalue weighted by atomic mass is 15.1. The van der Waals surface area contributed by atoms with Crippen molar-refractivity contribution in [3.05, 3.63) is 48.2 Å². The minimum Gasteiger partial charge on any atom is -0.277 e. The molecule has 6 nitrogen and oxygen atoms in total. The Morgan fingerprint density at radius 3 is 2.70 bits per heavy atom. The molecule has 94 valence electrons.